The zero-order valence-electron chi connectivity index (χ0n) is 12.1. The first-order valence-electron chi connectivity index (χ1n) is 6.44. The summed E-state index contributed by atoms with van der Waals surface area (Å²) < 4.78 is 4.93. The molecule has 0 spiro atoms. The summed E-state index contributed by atoms with van der Waals surface area (Å²) in [6, 6.07) is 7.62. The molecule has 3 nitrogen and oxygen atoms in total. The quantitative estimate of drug-likeness (QED) is 0.378. The van der Waals surface area contributed by atoms with Crippen LogP contribution in [0.2, 0.25) is 0 Å². The van der Waals surface area contributed by atoms with Crippen molar-refractivity contribution in [3.05, 3.63) is 60.2 Å². The minimum Gasteiger partial charge on any atom is -0.451 e. The summed E-state index contributed by atoms with van der Waals surface area (Å²) in [4.78, 5) is 23.9. The predicted octanol–water partition coefficient (Wildman–Crippen LogP) is 3.62. The number of hydrogen-bond donors (Lipinski definition) is 1. The van der Waals surface area contributed by atoms with Gasteiger partial charge >= 0.3 is 5.97 Å². The molecule has 0 aliphatic rings. The Balaban J connectivity index is 2.52. The van der Waals surface area contributed by atoms with Crippen LogP contribution in [0.3, 0.4) is 0 Å². The van der Waals surface area contributed by atoms with Gasteiger partial charge in [0.2, 0.25) is 0 Å². The molecule has 1 rings (SSSR count). The molecule has 0 aliphatic heterocycles. The Morgan fingerprint density at radius 1 is 1.24 bits per heavy atom. The molecule has 0 N–H and O–H groups in total. The monoisotopic (exact) mass is 302 g/mol. The minimum atomic E-state index is -0.817. The summed E-state index contributed by atoms with van der Waals surface area (Å²) in [5.41, 5.74) is 1.28. The highest BCUT2D eigenvalue weighted by Crippen LogP contribution is 2.09. The van der Waals surface area contributed by atoms with E-state index in [1.54, 1.807) is 12.2 Å². The fourth-order valence-electron chi connectivity index (χ4n) is 1.36. The smallest absolute Gasteiger partial charge is 0.333 e. The Morgan fingerprint density at radius 2 is 1.86 bits per heavy atom. The third-order valence-corrected chi connectivity index (χ3v) is 2.88. The van der Waals surface area contributed by atoms with Crippen LogP contribution in [-0.4, -0.2) is 17.9 Å². The lowest BCUT2D eigenvalue weighted by molar-refractivity contribution is -0.148. The van der Waals surface area contributed by atoms with Crippen molar-refractivity contribution in [3.63, 3.8) is 0 Å². The number of ether oxygens (including phenoxy) is 1. The van der Waals surface area contributed by atoms with E-state index in [9.17, 15) is 9.59 Å². The third kappa shape index (κ3) is 6.27. The maximum atomic E-state index is 11.7. The van der Waals surface area contributed by atoms with Crippen LogP contribution in [0.1, 0.15) is 19.4 Å². The van der Waals surface area contributed by atoms with Crippen LogP contribution in [0.25, 0.3) is 6.08 Å². The largest absolute Gasteiger partial charge is 0.451 e. The van der Waals surface area contributed by atoms with Crippen LogP contribution in [-0.2, 0) is 14.3 Å². The zero-order valence-corrected chi connectivity index (χ0v) is 13.0. The first-order chi connectivity index (χ1) is 9.90. The number of thiol groups is 1. The van der Waals surface area contributed by atoms with Crippen molar-refractivity contribution >= 4 is 30.5 Å². The Hall–Kier alpha value is -2.07. The second kappa shape index (κ2) is 8.27. The third-order valence-electron chi connectivity index (χ3n) is 2.59. The molecule has 110 valence electrons. The van der Waals surface area contributed by atoms with Gasteiger partial charge in [-0.05, 0) is 37.6 Å². The van der Waals surface area contributed by atoms with Gasteiger partial charge in [-0.2, -0.15) is 0 Å². The summed E-state index contributed by atoms with van der Waals surface area (Å²) in [6.45, 7) is 6.53. The molecule has 0 amide bonds. The molecule has 0 saturated heterocycles. The SMILES string of the molecule is C=C(C)C(=O)OC(C)C(=O)/C=C/C=C/c1ccc(S)cc1. The van der Waals surface area contributed by atoms with Crippen molar-refractivity contribution in [2.45, 2.75) is 24.8 Å². The molecule has 0 aromatic heterocycles. The van der Waals surface area contributed by atoms with Crippen LogP contribution in [0.15, 0.2) is 59.5 Å². The maximum absolute atomic E-state index is 11.7. The normalized spacial score (nSPS) is 12.5. The molecule has 0 saturated carbocycles. The van der Waals surface area contributed by atoms with E-state index in [2.05, 4.69) is 19.2 Å². The summed E-state index contributed by atoms with van der Waals surface area (Å²) in [7, 11) is 0. The van der Waals surface area contributed by atoms with E-state index >= 15 is 0 Å². The Morgan fingerprint density at radius 3 is 2.43 bits per heavy atom. The standard InChI is InChI=1S/C17H18O3S/c1-12(2)17(19)20-13(3)16(18)7-5-4-6-14-8-10-15(21)11-9-14/h4-11,13,21H,1H2,2-3H3/b6-4+,7-5+. The van der Waals surface area contributed by atoms with E-state index in [1.165, 1.54) is 19.9 Å². The predicted molar refractivity (Wildman–Crippen MR) is 87.2 cm³/mol. The van der Waals surface area contributed by atoms with E-state index in [1.807, 2.05) is 30.3 Å². The molecule has 0 aliphatic carbocycles. The Labute approximate surface area is 130 Å². The van der Waals surface area contributed by atoms with Crippen molar-refractivity contribution in [1.82, 2.24) is 0 Å². The average molecular weight is 302 g/mol. The highest BCUT2D eigenvalue weighted by molar-refractivity contribution is 7.80. The number of carbonyl (C=O) groups is 2. The minimum absolute atomic E-state index is 0.270. The van der Waals surface area contributed by atoms with Crippen molar-refractivity contribution in [2.75, 3.05) is 0 Å². The molecule has 0 fully saturated rings. The fourth-order valence-corrected chi connectivity index (χ4v) is 1.51. The topological polar surface area (TPSA) is 43.4 Å². The molecule has 0 bridgehead atoms. The molecule has 1 aromatic rings. The van der Waals surface area contributed by atoms with Gasteiger partial charge in [0.05, 0.1) is 0 Å². The summed E-state index contributed by atoms with van der Waals surface area (Å²) >= 11 is 4.20. The molecule has 0 radical (unpaired) electrons. The molecule has 4 heteroatoms. The van der Waals surface area contributed by atoms with Crippen LogP contribution in [0.5, 0.6) is 0 Å². The van der Waals surface area contributed by atoms with Gasteiger partial charge in [0.25, 0.3) is 0 Å². The van der Waals surface area contributed by atoms with E-state index in [0.717, 1.165) is 10.5 Å². The van der Waals surface area contributed by atoms with Crippen LogP contribution >= 0.6 is 12.6 Å². The van der Waals surface area contributed by atoms with Crippen LogP contribution in [0, 0.1) is 0 Å². The molecular formula is C17H18O3S. The molecule has 1 aromatic carbocycles. The number of rotatable bonds is 6. The van der Waals surface area contributed by atoms with Gasteiger partial charge in [-0.25, -0.2) is 4.79 Å². The molecule has 1 unspecified atom stereocenters. The number of hydrogen-bond acceptors (Lipinski definition) is 4. The first-order valence-corrected chi connectivity index (χ1v) is 6.89. The number of carbonyl (C=O) groups excluding carboxylic acids is 2. The van der Waals surface area contributed by atoms with Gasteiger partial charge in [0, 0.05) is 10.5 Å². The second-order valence-corrected chi connectivity index (χ2v) is 5.06. The molecule has 0 heterocycles. The van der Waals surface area contributed by atoms with E-state index in [4.69, 9.17) is 4.74 Å². The highest BCUT2D eigenvalue weighted by Gasteiger charge is 2.15. The van der Waals surface area contributed by atoms with E-state index in [-0.39, 0.29) is 11.4 Å². The fraction of sp³-hybridized carbons (Fsp3) is 0.176. The van der Waals surface area contributed by atoms with Gasteiger partial charge in [-0.3, -0.25) is 4.79 Å². The summed E-state index contributed by atoms with van der Waals surface area (Å²) in [6.07, 6.45) is 5.78. The van der Waals surface area contributed by atoms with Gasteiger partial charge in [-0.1, -0.05) is 36.9 Å². The highest BCUT2D eigenvalue weighted by atomic mass is 32.1. The number of benzene rings is 1. The molecule has 21 heavy (non-hydrogen) atoms. The van der Waals surface area contributed by atoms with Crippen LogP contribution in [0.4, 0.5) is 0 Å². The van der Waals surface area contributed by atoms with Crippen molar-refractivity contribution < 1.29 is 14.3 Å². The van der Waals surface area contributed by atoms with Crippen molar-refractivity contribution in [1.29, 1.82) is 0 Å². The second-order valence-electron chi connectivity index (χ2n) is 4.54. The zero-order chi connectivity index (χ0) is 15.8. The Kier molecular flexibility index (Phi) is 6.69. The molecule has 1 atom stereocenters. The van der Waals surface area contributed by atoms with Gasteiger partial charge in [0.15, 0.2) is 11.9 Å². The van der Waals surface area contributed by atoms with Gasteiger partial charge in [0.1, 0.15) is 0 Å². The number of allylic oxidation sites excluding steroid dienone is 2. The van der Waals surface area contributed by atoms with Gasteiger partial charge < -0.3 is 4.74 Å². The van der Waals surface area contributed by atoms with Crippen molar-refractivity contribution in [2.24, 2.45) is 0 Å². The first kappa shape index (κ1) is 17.0. The van der Waals surface area contributed by atoms with Crippen LogP contribution < -0.4 is 0 Å². The lowest BCUT2D eigenvalue weighted by atomic mass is 10.2. The lowest BCUT2D eigenvalue weighted by Crippen LogP contribution is -2.22. The van der Waals surface area contributed by atoms with E-state index in [0.29, 0.717) is 0 Å². The maximum Gasteiger partial charge on any atom is 0.333 e. The van der Waals surface area contributed by atoms with Gasteiger partial charge in [-0.15, -0.1) is 12.6 Å². The van der Waals surface area contributed by atoms with E-state index < -0.39 is 12.1 Å². The number of ketones is 1. The molecular weight excluding hydrogens is 284 g/mol. The average Bonchev–Trinajstić information content (AvgIpc) is 2.44. The summed E-state index contributed by atoms with van der Waals surface area (Å²) in [5, 5.41) is 0. The lowest BCUT2D eigenvalue weighted by Gasteiger charge is -2.09. The Bertz CT molecular complexity index is 583. The number of esters is 1. The van der Waals surface area contributed by atoms with Crippen molar-refractivity contribution in [3.8, 4) is 0 Å². The summed E-state index contributed by atoms with van der Waals surface area (Å²) in [5.74, 6) is -0.841.